The summed E-state index contributed by atoms with van der Waals surface area (Å²) in [5.41, 5.74) is 1.11. The van der Waals surface area contributed by atoms with Gasteiger partial charge in [0.2, 0.25) is 0 Å². The molecule has 0 atom stereocenters. The molecule has 0 unspecified atom stereocenters. The third-order valence-corrected chi connectivity index (χ3v) is 4.15. The largest absolute Gasteiger partial charge is 0.440 e. The lowest BCUT2D eigenvalue weighted by Gasteiger charge is -2.06. The number of carbonyl (C=O) groups is 1. The molecule has 0 saturated heterocycles. The molecule has 6 heteroatoms. The third-order valence-electron chi connectivity index (χ3n) is 2.96. The number of rotatable bonds is 3. The summed E-state index contributed by atoms with van der Waals surface area (Å²) >= 11 is 6.95. The topological polar surface area (TPSA) is 48.3 Å². The Morgan fingerprint density at radius 2 is 2.00 bits per heavy atom. The van der Waals surface area contributed by atoms with Gasteiger partial charge in [0.05, 0.1) is 15.8 Å². The van der Waals surface area contributed by atoms with Gasteiger partial charge in [0.15, 0.2) is 6.73 Å². The fraction of sp³-hybridized carbons (Fsp3) is 0.0667. The van der Waals surface area contributed by atoms with Crippen LogP contribution < -0.4 is 4.87 Å². The highest BCUT2D eigenvalue weighted by molar-refractivity contribution is 7.16. The second kappa shape index (κ2) is 5.71. The van der Waals surface area contributed by atoms with E-state index in [-0.39, 0.29) is 11.6 Å². The maximum Gasteiger partial charge on any atom is 0.339 e. The molecule has 3 aromatic rings. The molecule has 4 nitrogen and oxygen atoms in total. The van der Waals surface area contributed by atoms with Crippen molar-refractivity contribution >= 4 is 39.1 Å². The second-order valence-corrected chi connectivity index (χ2v) is 5.76. The lowest BCUT2D eigenvalue weighted by molar-refractivity contribution is 0.0376. The minimum Gasteiger partial charge on any atom is -0.440 e. The van der Waals surface area contributed by atoms with Crippen molar-refractivity contribution in [1.82, 2.24) is 4.57 Å². The Bertz CT molecular complexity index is 868. The van der Waals surface area contributed by atoms with Crippen molar-refractivity contribution in [3.63, 3.8) is 0 Å². The standard InChI is InChI=1S/C15H10ClNO3S/c16-11-5-3-4-10(8-11)14(18)20-9-17-12-6-1-2-7-13(12)21-15(17)19/h1-8H,9H2. The van der Waals surface area contributed by atoms with Gasteiger partial charge in [-0.1, -0.05) is 41.1 Å². The summed E-state index contributed by atoms with van der Waals surface area (Å²) in [4.78, 5) is 23.7. The van der Waals surface area contributed by atoms with Gasteiger partial charge in [-0.15, -0.1) is 0 Å². The van der Waals surface area contributed by atoms with Crippen LogP contribution in [0.1, 0.15) is 10.4 Å². The van der Waals surface area contributed by atoms with Crippen molar-refractivity contribution in [2.75, 3.05) is 0 Å². The molecule has 0 bridgehead atoms. The molecule has 0 spiro atoms. The highest BCUT2D eigenvalue weighted by atomic mass is 35.5. The molecule has 0 aliphatic heterocycles. The van der Waals surface area contributed by atoms with Crippen LogP contribution in [0, 0.1) is 0 Å². The maximum atomic E-state index is 11.9. The summed E-state index contributed by atoms with van der Waals surface area (Å²) in [5.74, 6) is -0.514. The number of aromatic nitrogens is 1. The first kappa shape index (κ1) is 13.9. The zero-order chi connectivity index (χ0) is 14.8. The first-order valence-electron chi connectivity index (χ1n) is 6.16. The van der Waals surface area contributed by atoms with E-state index in [1.165, 1.54) is 10.6 Å². The molecule has 21 heavy (non-hydrogen) atoms. The molecule has 0 fully saturated rings. The molecule has 0 radical (unpaired) electrons. The van der Waals surface area contributed by atoms with Crippen LogP contribution in [0.3, 0.4) is 0 Å². The van der Waals surface area contributed by atoms with Crippen LogP contribution in [0.25, 0.3) is 10.2 Å². The number of carbonyl (C=O) groups excluding carboxylic acids is 1. The maximum absolute atomic E-state index is 11.9. The van der Waals surface area contributed by atoms with E-state index in [2.05, 4.69) is 0 Å². The van der Waals surface area contributed by atoms with Crippen LogP contribution in [0.15, 0.2) is 53.3 Å². The van der Waals surface area contributed by atoms with E-state index in [1.54, 1.807) is 18.2 Å². The van der Waals surface area contributed by atoms with Crippen LogP contribution in [-0.4, -0.2) is 10.5 Å². The van der Waals surface area contributed by atoms with Gasteiger partial charge in [0.1, 0.15) is 0 Å². The van der Waals surface area contributed by atoms with Crippen molar-refractivity contribution in [3.8, 4) is 0 Å². The number of halogens is 1. The number of hydrogen-bond acceptors (Lipinski definition) is 4. The predicted octanol–water partition coefficient (Wildman–Crippen LogP) is 3.53. The highest BCUT2D eigenvalue weighted by Crippen LogP contribution is 2.17. The van der Waals surface area contributed by atoms with E-state index in [0.717, 1.165) is 21.6 Å². The van der Waals surface area contributed by atoms with Crippen LogP contribution in [0.4, 0.5) is 0 Å². The van der Waals surface area contributed by atoms with Gasteiger partial charge in [0, 0.05) is 5.02 Å². The van der Waals surface area contributed by atoms with Crippen LogP contribution in [0.5, 0.6) is 0 Å². The molecule has 0 saturated carbocycles. The zero-order valence-electron chi connectivity index (χ0n) is 10.8. The molecule has 3 rings (SSSR count). The normalized spacial score (nSPS) is 10.7. The molecule has 106 valence electrons. The predicted molar refractivity (Wildman–Crippen MR) is 83.0 cm³/mol. The van der Waals surface area contributed by atoms with E-state index >= 15 is 0 Å². The summed E-state index contributed by atoms with van der Waals surface area (Å²) in [7, 11) is 0. The van der Waals surface area contributed by atoms with E-state index in [9.17, 15) is 9.59 Å². The number of nitrogens with zero attached hydrogens (tertiary/aromatic N) is 1. The Morgan fingerprint density at radius 1 is 1.19 bits per heavy atom. The number of fused-ring (bicyclic) bond motifs is 1. The van der Waals surface area contributed by atoms with Gasteiger partial charge >= 0.3 is 10.8 Å². The third kappa shape index (κ3) is 2.84. The van der Waals surface area contributed by atoms with Crippen LogP contribution in [-0.2, 0) is 11.5 Å². The summed E-state index contributed by atoms with van der Waals surface area (Å²) < 4.78 is 7.48. The van der Waals surface area contributed by atoms with Crippen molar-refractivity contribution in [1.29, 1.82) is 0 Å². The van der Waals surface area contributed by atoms with Gasteiger partial charge < -0.3 is 4.74 Å². The molecule has 0 amide bonds. The SMILES string of the molecule is O=C(OCn1c(=O)sc2ccccc21)c1cccc(Cl)c1. The summed E-state index contributed by atoms with van der Waals surface area (Å²) in [6.07, 6.45) is 0. The van der Waals surface area contributed by atoms with Gasteiger partial charge in [-0.05, 0) is 30.3 Å². The zero-order valence-corrected chi connectivity index (χ0v) is 12.4. The summed E-state index contributed by atoms with van der Waals surface area (Å²) in [5, 5.41) is 0.461. The van der Waals surface area contributed by atoms with Crippen LogP contribution >= 0.6 is 22.9 Å². The molecular formula is C15H10ClNO3S. The van der Waals surface area contributed by atoms with Crippen LogP contribution in [0.2, 0.25) is 5.02 Å². The minimum atomic E-state index is -0.514. The quantitative estimate of drug-likeness (QED) is 0.694. The van der Waals surface area contributed by atoms with Gasteiger partial charge in [-0.3, -0.25) is 9.36 Å². The lowest BCUT2D eigenvalue weighted by atomic mass is 10.2. The van der Waals surface area contributed by atoms with E-state index < -0.39 is 5.97 Å². The molecule has 0 N–H and O–H groups in total. The Balaban J connectivity index is 1.82. The molecule has 0 aliphatic carbocycles. The van der Waals surface area contributed by atoms with Gasteiger partial charge in [-0.25, -0.2) is 4.79 Å². The average Bonchev–Trinajstić information content (AvgIpc) is 2.80. The summed E-state index contributed by atoms with van der Waals surface area (Å²) in [6.45, 7) is -0.117. The van der Waals surface area contributed by atoms with E-state index in [0.29, 0.717) is 10.6 Å². The smallest absolute Gasteiger partial charge is 0.339 e. The van der Waals surface area contributed by atoms with Gasteiger partial charge in [-0.2, -0.15) is 0 Å². The first-order chi connectivity index (χ1) is 10.1. The van der Waals surface area contributed by atoms with E-state index in [1.807, 2.05) is 24.3 Å². The molecule has 2 aromatic carbocycles. The Hall–Kier alpha value is -2.11. The van der Waals surface area contributed by atoms with Crippen molar-refractivity contribution in [3.05, 3.63) is 68.8 Å². The first-order valence-corrected chi connectivity index (χ1v) is 7.35. The number of hydrogen-bond donors (Lipinski definition) is 0. The molecular weight excluding hydrogens is 310 g/mol. The van der Waals surface area contributed by atoms with Crippen molar-refractivity contribution < 1.29 is 9.53 Å². The number of benzene rings is 2. The van der Waals surface area contributed by atoms with Gasteiger partial charge in [0.25, 0.3) is 0 Å². The Kier molecular flexibility index (Phi) is 3.77. The number of para-hydroxylation sites is 1. The lowest BCUT2D eigenvalue weighted by Crippen LogP contribution is -2.17. The average molecular weight is 320 g/mol. The fourth-order valence-corrected chi connectivity index (χ4v) is 3.03. The Labute approximate surface area is 129 Å². The monoisotopic (exact) mass is 319 g/mol. The number of thiazole rings is 1. The van der Waals surface area contributed by atoms with Crippen molar-refractivity contribution in [2.24, 2.45) is 0 Å². The minimum absolute atomic E-state index is 0.117. The molecule has 1 aromatic heterocycles. The molecule has 0 aliphatic rings. The number of ether oxygens (including phenoxy) is 1. The molecule has 1 heterocycles. The van der Waals surface area contributed by atoms with E-state index in [4.69, 9.17) is 16.3 Å². The Morgan fingerprint density at radius 3 is 2.81 bits per heavy atom. The highest BCUT2D eigenvalue weighted by Gasteiger charge is 2.11. The van der Waals surface area contributed by atoms with Crippen molar-refractivity contribution in [2.45, 2.75) is 6.73 Å². The second-order valence-electron chi connectivity index (χ2n) is 4.33. The number of esters is 1. The summed E-state index contributed by atoms with van der Waals surface area (Å²) in [6, 6.07) is 13.9. The fourth-order valence-electron chi connectivity index (χ4n) is 1.96.